The minimum absolute atomic E-state index is 0.104. The molecule has 0 aliphatic rings. The van der Waals surface area contributed by atoms with E-state index in [0.717, 1.165) is 77.5 Å². The summed E-state index contributed by atoms with van der Waals surface area (Å²) in [5, 5.41) is 6.27. The zero-order valence-corrected chi connectivity index (χ0v) is 32.0. The third-order valence-electron chi connectivity index (χ3n) is 11.2. The van der Waals surface area contributed by atoms with Crippen molar-refractivity contribution in [2.75, 3.05) is 9.80 Å². The van der Waals surface area contributed by atoms with Crippen molar-refractivity contribution in [3.05, 3.63) is 236 Å². The summed E-state index contributed by atoms with van der Waals surface area (Å²) in [4.78, 5) is 4.10. The molecule has 11 rings (SSSR count). The second-order valence-corrected chi connectivity index (χ2v) is 14.7. The van der Waals surface area contributed by atoms with E-state index in [4.69, 9.17) is 0 Å². The first-order valence-corrected chi connectivity index (χ1v) is 19.9. The molecule has 0 unspecified atom stereocenters. The molecule has 59 heavy (non-hydrogen) atoms. The summed E-state index contributed by atoms with van der Waals surface area (Å²) in [7, 11) is 0. The van der Waals surface area contributed by atoms with Crippen LogP contribution in [0.4, 0.5) is 34.1 Å². The maximum Gasteiger partial charge on any atom is 0.0645 e. The van der Waals surface area contributed by atoms with Gasteiger partial charge in [-0.05, 0) is 118 Å². The monoisotopic (exact) mass is 757 g/mol. The summed E-state index contributed by atoms with van der Waals surface area (Å²) in [6.45, 7) is 0. The van der Waals surface area contributed by atoms with Crippen LogP contribution in [0.1, 0.15) is 5.48 Å². The number of nitrogens with zero attached hydrogens (tertiary/aromatic N) is 3. The molecule has 3 nitrogen and oxygen atoms in total. The first-order valence-electron chi connectivity index (χ1n) is 21.9. The third-order valence-corrected chi connectivity index (χ3v) is 11.2. The van der Waals surface area contributed by atoms with Crippen molar-refractivity contribution >= 4 is 77.5 Å². The van der Waals surface area contributed by atoms with E-state index < -0.39 is 0 Å². The molecule has 3 heteroatoms. The van der Waals surface area contributed by atoms with Gasteiger partial charge >= 0.3 is 0 Å². The molecule has 0 saturated heterocycles. The summed E-state index contributed by atoms with van der Waals surface area (Å²) >= 11 is 0. The lowest BCUT2D eigenvalue weighted by Gasteiger charge is -2.28. The summed E-state index contributed by atoms with van der Waals surface area (Å²) < 4.78 is 40.4. The molecule has 0 atom stereocenters. The van der Waals surface area contributed by atoms with Crippen molar-refractivity contribution in [2.45, 2.75) is 0 Å². The molecular formula is C56H39N3. The predicted molar refractivity (Wildman–Crippen MR) is 251 cm³/mol. The second kappa shape index (κ2) is 14.6. The molecule has 10 aromatic carbocycles. The van der Waals surface area contributed by atoms with Gasteiger partial charge in [0, 0.05) is 50.3 Å². The molecule has 0 aliphatic heterocycles. The number of hydrogen-bond acceptors (Lipinski definition) is 2. The Morgan fingerprint density at radius 1 is 0.339 bits per heavy atom. The van der Waals surface area contributed by atoms with Gasteiger partial charge in [-0.2, -0.15) is 0 Å². The van der Waals surface area contributed by atoms with Crippen molar-refractivity contribution in [3.8, 4) is 16.8 Å². The molecule has 278 valence electrons. The Labute approximate surface area is 349 Å². The average Bonchev–Trinajstić information content (AvgIpc) is 3.67. The van der Waals surface area contributed by atoms with Gasteiger partial charge in [-0.15, -0.1) is 0 Å². The normalized spacial score (nSPS) is 12.3. The van der Waals surface area contributed by atoms with Crippen LogP contribution in [0.25, 0.3) is 60.2 Å². The first kappa shape index (κ1) is 30.3. The van der Waals surface area contributed by atoms with Gasteiger partial charge in [0.15, 0.2) is 0 Å². The smallest absolute Gasteiger partial charge is 0.0645 e. The number of fused-ring (bicyclic) bond motifs is 5. The van der Waals surface area contributed by atoms with Crippen LogP contribution in [0.5, 0.6) is 0 Å². The first-order chi connectivity index (χ1) is 31.0. The Kier molecular flexibility index (Phi) is 7.48. The number of benzene rings is 10. The highest BCUT2D eigenvalue weighted by Crippen LogP contribution is 2.44. The van der Waals surface area contributed by atoms with Gasteiger partial charge in [0.05, 0.1) is 22.2 Å². The van der Waals surface area contributed by atoms with Crippen LogP contribution < -0.4 is 9.80 Å². The average molecular weight is 758 g/mol. The zero-order chi connectivity index (χ0) is 42.6. The zero-order valence-electron chi connectivity index (χ0n) is 36.0. The van der Waals surface area contributed by atoms with E-state index in [1.807, 2.05) is 91.0 Å². The molecule has 0 N–H and O–H groups in total. The van der Waals surface area contributed by atoms with Crippen LogP contribution in [0.15, 0.2) is 236 Å². The highest BCUT2D eigenvalue weighted by Gasteiger charge is 2.20. The number of aromatic nitrogens is 1. The fourth-order valence-electron chi connectivity index (χ4n) is 8.52. The molecular weight excluding hydrogens is 715 g/mol. The molecule has 0 fully saturated rings. The van der Waals surface area contributed by atoms with Gasteiger partial charge in [-0.3, -0.25) is 0 Å². The fraction of sp³-hybridized carbons (Fsp3) is 0. The van der Waals surface area contributed by atoms with E-state index in [-0.39, 0.29) is 35.4 Å². The van der Waals surface area contributed by atoms with E-state index in [9.17, 15) is 5.48 Å². The van der Waals surface area contributed by atoms with Crippen LogP contribution in [0.2, 0.25) is 0 Å². The largest absolute Gasteiger partial charge is 0.311 e. The summed E-state index contributed by atoms with van der Waals surface area (Å²) in [6.07, 6.45) is 0. The van der Waals surface area contributed by atoms with Crippen LogP contribution in [-0.4, -0.2) is 4.57 Å². The Morgan fingerprint density at radius 2 is 0.915 bits per heavy atom. The van der Waals surface area contributed by atoms with Crippen molar-refractivity contribution in [2.24, 2.45) is 0 Å². The molecule has 0 bridgehead atoms. The van der Waals surface area contributed by atoms with E-state index >= 15 is 0 Å². The molecule has 1 aromatic heterocycles. The van der Waals surface area contributed by atoms with E-state index in [1.54, 1.807) is 4.90 Å². The Hall–Kier alpha value is -7.88. The summed E-state index contributed by atoms with van der Waals surface area (Å²) in [5.41, 5.74) is 8.76. The highest BCUT2D eigenvalue weighted by molar-refractivity contribution is 6.12. The highest BCUT2D eigenvalue weighted by atomic mass is 15.1. The van der Waals surface area contributed by atoms with Gasteiger partial charge in [-0.1, -0.05) is 146 Å². The topological polar surface area (TPSA) is 11.4 Å². The van der Waals surface area contributed by atoms with E-state index in [0.29, 0.717) is 5.56 Å². The molecule has 1 heterocycles. The van der Waals surface area contributed by atoms with Crippen LogP contribution in [0.3, 0.4) is 0 Å². The fourth-order valence-corrected chi connectivity index (χ4v) is 8.52. The maximum atomic E-state index is 9.57. The molecule has 0 aliphatic carbocycles. The SMILES string of the molecule is [2H]c1c([2H])c(N(c2ccccc2)c2ccccc2)c([2H])c([2H])c1-c1cccc2c(N(c3ccc4ccccc4c3)c3ccc4c(c3)c3ccccc3n4-c3ccccc3)cccc12. The molecule has 0 saturated carbocycles. The Balaban J connectivity index is 1.12. The maximum absolute atomic E-state index is 9.57. The number of anilines is 6. The van der Waals surface area contributed by atoms with Gasteiger partial charge in [0.1, 0.15) is 0 Å². The van der Waals surface area contributed by atoms with Gasteiger partial charge in [0.25, 0.3) is 0 Å². The molecule has 11 aromatic rings. The second-order valence-electron chi connectivity index (χ2n) is 14.7. The number of rotatable bonds is 8. The molecule has 0 amide bonds. The lowest BCUT2D eigenvalue weighted by Crippen LogP contribution is -2.10. The summed E-state index contributed by atoms with van der Waals surface area (Å²) in [5.74, 6) is 0. The predicted octanol–water partition coefficient (Wildman–Crippen LogP) is 15.7. The number of para-hydroxylation sites is 4. The quantitative estimate of drug-likeness (QED) is 0.153. The van der Waals surface area contributed by atoms with Crippen LogP contribution >= 0.6 is 0 Å². The third kappa shape index (κ3) is 6.08. The molecule has 0 spiro atoms. The lowest BCUT2D eigenvalue weighted by molar-refractivity contribution is 1.18. The minimum Gasteiger partial charge on any atom is -0.311 e. The van der Waals surface area contributed by atoms with Gasteiger partial charge in [-0.25, -0.2) is 0 Å². The lowest BCUT2D eigenvalue weighted by atomic mass is 9.96. The van der Waals surface area contributed by atoms with Crippen LogP contribution in [-0.2, 0) is 0 Å². The van der Waals surface area contributed by atoms with Crippen molar-refractivity contribution in [1.82, 2.24) is 4.57 Å². The van der Waals surface area contributed by atoms with Gasteiger partial charge < -0.3 is 14.4 Å². The van der Waals surface area contributed by atoms with Gasteiger partial charge in [0.2, 0.25) is 0 Å². The van der Waals surface area contributed by atoms with E-state index in [1.165, 1.54) is 0 Å². The summed E-state index contributed by atoms with van der Waals surface area (Å²) in [6, 6.07) is 71.4. The standard InChI is InChI=1S/C56H39N3/c1-4-18-43(19-5-1)57(44-20-6-2-7-21-44)46-33-31-41(32-34-46)49-25-14-27-51-50(49)26-15-29-54(51)58(47-35-30-40-16-10-11-17-42(40)38-47)48-36-37-56-53(39-48)52-24-12-13-28-55(52)59(56)45-22-8-3-9-23-45/h1-39H/i31D,32D,33D,34D. The van der Waals surface area contributed by atoms with Crippen molar-refractivity contribution in [3.63, 3.8) is 0 Å². The van der Waals surface area contributed by atoms with Crippen molar-refractivity contribution < 1.29 is 5.48 Å². The van der Waals surface area contributed by atoms with E-state index in [2.05, 4.69) is 131 Å². The Morgan fingerprint density at radius 3 is 1.68 bits per heavy atom. The van der Waals surface area contributed by atoms with Crippen LogP contribution in [0, 0.1) is 0 Å². The van der Waals surface area contributed by atoms with Crippen molar-refractivity contribution in [1.29, 1.82) is 0 Å². The Bertz CT molecular complexity index is 3450. The minimum atomic E-state index is -0.118. The number of hydrogen-bond donors (Lipinski definition) is 0. The molecule has 0 radical (unpaired) electrons.